The molecule has 3 rings (SSSR count). The predicted molar refractivity (Wildman–Crippen MR) is 87.7 cm³/mol. The third-order valence-electron chi connectivity index (χ3n) is 3.46. The fourth-order valence-corrected chi connectivity index (χ4v) is 2.36. The van der Waals surface area contributed by atoms with Crippen LogP contribution >= 0.6 is 0 Å². The monoisotopic (exact) mass is 308 g/mol. The molecule has 1 aromatic heterocycles. The van der Waals surface area contributed by atoms with Crippen molar-refractivity contribution in [3.8, 4) is 5.75 Å². The molecule has 5 heteroatoms. The summed E-state index contributed by atoms with van der Waals surface area (Å²) in [6.07, 6.45) is 0. The maximum atomic E-state index is 11.7. The molecule has 0 radical (unpaired) electrons. The minimum absolute atomic E-state index is 0.167. The normalized spacial score (nSPS) is 11.7. The van der Waals surface area contributed by atoms with Gasteiger partial charge in [0.2, 0.25) is 5.55 Å². The number of methoxy groups -OCH3 is 1. The highest BCUT2D eigenvalue weighted by atomic mass is 16.5. The van der Waals surface area contributed by atoms with E-state index in [2.05, 4.69) is 4.99 Å². The number of rotatable bonds is 3. The minimum atomic E-state index is -0.593. The quantitative estimate of drug-likeness (QED) is 0.807. The number of amides is 1. The molecule has 0 bridgehead atoms. The van der Waals surface area contributed by atoms with Gasteiger partial charge in [0.05, 0.1) is 12.8 Å². The summed E-state index contributed by atoms with van der Waals surface area (Å²) in [6, 6.07) is 14.7. The van der Waals surface area contributed by atoms with Crippen LogP contribution in [0.25, 0.3) is 11.0 Å². The van der Waals surface area contributed by atoms with Crippen molar-refractivity contribution in [3.05, 3.63) is 65.2 Å². The van der Waals surface area contributed by atoms with Gasteiger partial charge < -0.3 is 14.9 Å². The van der Waals surface area contributed by atoms with Gasteiger partial charge in [-0.2, -0.15) is 0 Å². The van der Waals surface area contributed by atoms with Crippen molar-refractivity contribution < 1.29 is 13.9 Å². The van der Waals surface area contributed by atoms with Gasteiger partial charge in [0, 0.05) is 5.39 Å². The standard InChI is InChI=1S/C18H16N2O3/c1-11-5-3-7-13(9-11)20-18-14(17(19)21)10-12-6-4-8-15(22-2)16(12)23-18/h3-10H,1-2H3,(H2,19,21). The van der Waals surface area contributed by atoms with Gasteiger partial charge in [-0.1, -0.05) is 24.3 Å². The van der Waals surface area contributed by atoms with Crippen LogP contribution in [0.4, 0.5) is 5.69 Å². The molecule has 0 saturated heterocycles. The second kappa shape index (κ2) is 5.96. The lowest BCUT2D eigenvalue weighted by atomic mass is 10.1. The van der Waals surface area contributed by atoms with Gasteiger partial charge >= 0.3 is 0 Å². The van der Waals surface area contributed by atoms with Crippen LogP contribution in [-0.2, 0) is 0 Å². The van der Waals surface area contributed by atoms with E-state index in [-0.39, 0.29) is 11.1 Å². The van der Waals surface area contributed by atoms with Crippen molar-refractivity contribution in [2.24, 2.45) is 10.7 Å². The van der Waals surface area contributed by atoms with Gasteiger partial charge in [-0.15, -0.1) is 0 Å². The Bertz CT molecular complexity index is 958. The van der Waals surface area contributed by atoms with Crippen molar-refractivity contribution in [3.63, 3.8) is 0 Å². The Morgan fingerprint density at radius 1 is 1.17 bits per heavy atom. The molecule has 0 aliphatic rings. The molecule has 0 atom stereocenters. The molecule has 23 heavy (non-hydrogen) atoms. The second-order valence-electron chi connectivity index (χ2n) is 5.16. The number of para-hydroxylation sites is 1. The molecule has 0 aliphatic heterocycles. The molecule has 2 N–H and O–H groups in total. The van der Waals surface area contributed by atoms with Crippen molar-refractivity contribution in [2.45, 2.75) is 6.92 Å². The largest absolute Gasteiger partial charge is 0.493 e. The number of aryl methyl sites for hydroxylation is 1. The van der Waals surface area contributed by atoms with Crippen molar-refractivity contribution in [1.82, 2.24) is 0 Å². The summed E-state index contributed by atoms with van der Waals surface area (Å²) in [6.45, 7) is 1.97. The van der Waals surface area contributed by atoms with Gasteiger partial charge in [0.1, 0.15) is 5.56 Å². The first kappa shape index (κ1) is 14.8. The van der Waals surface area contributed by atoms with Crippen LogP contribution in [-0.4, -0.2) is 13.0 Å². The van der Waals surface area contributed by atoms with Gasteiger partial charge in [0.15, 0.2) is 11.3 Å². The van der Waals surface area contributed by atoms with Crippen molar-refractivity contribution in [2.75, 3.05) is 7.11 Å². The number of benzene rings is 2. The molecule has 0 saturated carbocycles. The Labute approximate surface area is 133 Å². The van der Waals surface area contributed by atoms with Crippen LogP contribution in [0.3, 0.4) is 0 Å². The average Bonchev–Trinajstić information content (AvgIpc) is 2.53. The highest BCUT2D eigenvalue weighted by Crippen LogP contribution is 2.24. The summed E-state index contributed by atoms with van der Waals surface area (Å²) >= 11 is 0. The molecule has 5 nitrogen and oxygen atoms in total. The number of carbonyl (C=O) groups is 1. The number of hydrogen-bond acceptors (Lipinski definition) is 4. The first-order valence-electron chi connectivity index (χ1n) is 7.10. The third kappa shape index (κ3) is 2.94. The molecular weight excluding hydrogens is 292 g/mol. The van der Waals surface area contributed by atoms with Crippen LogP contribution in [0.1, 0.15) is 15.9 Å². The average molecular weight is 308 g/mol. The Morgan fingerprint density at radius 3 is 2.65 bits per heavy atom. The zero-order chi connectivity index (χ0) is 16.4. The molecule has 0 fully saturated rings. The molecule has 0 aliphatic carbocycles. The first-order chi connectivity index (χ1) is 11.1. The Kier molecular flexibility index (Phi) is 3.85. The zero-order valence-corrected chi connectivity index (χ0v) is 12.9. The van der Waals surface area contributed by atoms with Crippen LogP contribution < -0.4 is 16.0 Å². The summed E-state index contributed by atoms with van der Waals surface area (Å²) in [7, 11) is 1.56. The molecule has 116 valence electrons. The predicted octanol–water partition coefficient (Wildman–Crippen LogP) is 3.08. The van der Waals surface area contributed by atoms with E-state index in [9.17, 15) is 4.79 Å². The maximum absolute atomic E-state index is 11.7. The smallest absolute Gasteiger partial charge is 0.254 e. The van der Waals surface area contributed by atoms with E-state index in [4.69, 9.17) is 14.9 Å². The lowest BCUT2D eigenvalue weighted by Crippen LogP contribution is -2.21. The summed E-state index contributed by atoms with van der Waals surface area (Å²) in [5.74, 6) is -0.0240. The zero-order valence-electron chi connectivity index (χ0n) is 12.9. The fraction of sp³-hybridized carbons (Fsp3) is 0.111. The van der Waals surface area contributed by atoms with Crippen molar-refractivity contribution in [1.29, 1.82) is 0 Å². The summed E-state index contributed by atoms with van der Waals surface area (Å²) in [5, 5.41) is 0.723. The Balaban J connectivity index is 2.33. The number of primary amides is 1. The molecule has 1 amide bonds. The topological polar surface area (TPSA) is 77.8 Å². The number of fused-ring (bicyclic) bond motifs is 1. The van der Waals surface area contributed by atoms with Crippen molar-refractivity contribution >= 4 is 22.6 Å². The molecule has 0 spiro atoms. The summed E-state index contributed by atoms with van der Waals surface area (Å²) < 4.78 is 11.1. The van der Waals surface area contributed by atoms with E-state index in [1.807, 2.05) is 43.3 Å². The maximum Gasteiger partial charge on any atom is 0.254 e. The Hall–Kier alpha value is -3.08. The van der Waals surface area contributed by atoms with Gasteiger partial charge in [0.25, 0.3) is 5.91 Å². The molecule has 3 aromatic rings. The Morgan fingerprint density at radius 2 is 1.96 bits per heavy atom. The summed E-state index contributed by atoms with van der Waals surface area (Å²) in [4.78, 5) is 16.2. The number of nitrogens with zero attached hydrogens (tertiary/aromatic N) is 1. The van der Waals surface area contributed by atoms with Crippen LogP contribution in [0, 0.1) is 6.92 Å². The highest BCUT2D eigenvalue weighted by molar-refractivity contribution is 5.96. The van der Waals surface area contributed by atoms with E-state index >= 15 is 0 Å². The SMILES string of the molecule is COc1cccc2cc(C(N)=O)c(=Nc3cccc(C)c3)oc12. The van der Waals surface area contributed by atoms with E-state index < -0.39 is 5.91 Å². The van der Waals surface area contributed by atoms with Crippen LogP contribution in [0.2, 0.25) is 0 Å². The van der Waals surface area contributed by atoms with Crippen LogP contribution in [0.15, 0.2) is 57.9 Å². The number of hydrogen-bond donors (Lipinski definition) is 1. The summed E-state index contributed by atoms with van der Waals surface area (Å²) in [5.41, 5.74) is 8.13. The van der Waals surface area contributed by atoms with E-state index in [0.29, 0.717) is 17.0 Å². The number of carbonyl (C=O) groups excluding carboxylic acids is 1. The lowest BCUT2D eigenvalue weighted by molar-refractivity contribution is 0.0996. The van der Waals surface area contributed by atoms with Gasteiger partial charge in [-0.05, 0) is 36.8 Å². The highest BCUT2D eigenvalue weighted by Gasteiger charge is 2.12. The third-order valence-corrected chi connectivity index (χ3v) is 3.46. The molecule has 2 aromatic carbocycles. The van der Waals surface area contributed by atoms with E-state index in [0.717, 1.165) is 10.9 Å². The van der Waals surface area contributed by atoms with E-state index in [1.54, 1.807) is 19.2 Å². The minimum Gasteiger partial charge on any atom is -0.493 e. The second-order valence-corrected chi connectivity index (χ2v) is 5.16. The van der Waals surface area contributed by atoms with E-state index in [1.165, 1.54) is 0 Å². The molecular formula is C18H16N2O3. The fourth-order valence-electron chi connectivity index (χ4n) is 2.36. The number of nitrogens with two attached hydrogens (primary N) is 1. The molecule has 1 heterocycles. The molecule has 0 unspecified atom stereocenters. The first-order valence-corrected chi connectivity index (χ1v) is 7.10. The van der Waals surface area contributed by atoms with Gasteiger partial charge in [-0.3, -0.25) is 4.79 Å². The number of ether oxygens (including phenoxy) is 1. The van der Waals surface area contributed by atoms with Crippen LogP contribution in [0.5, 0.6) is 5.75 Å². The van der Waals surface area contributed by atoms with Gasteiger partial charge in [-0.25, -0.2) is 4.99 Å². The lowest BCUT2D eigenvalue weighted by Gasteiger charge is -2.06.